The molecule has 0 aliphatic heterocycles. The van der Waals surface area contributed by atoms with E-state index in [9.17, 15) is 4.79 Å². The number of hydrogen-bond donors (Lipinski definition) is 1. The maximum Gasteiger partial charge on any atom is 0.265 e. The largest absolute Gasteiger partial charge is 0.481 e. The van der Waals surface area contributed by atoms with Gasteiger partial charge in [-0.3, -0.25) is 4.79 Å². The van der Waals surface area contributed by atoms with Crippen molar-refractivity contribution in [1.29, 1.82) is 0 Å². The number of ether oxygens (including phenoxy) is 1. The van der Waals surface area contributed by atoms with E-state index in [1.807, 2.05) is 58.0 Å². The van der Waals surface area contributed by atoms with Crippen LogP contribution in [-0.4, -0.2) is 12.0 Å². The maximum atomic E-state index is 12.3. The second-order valence-electron chi connectivity index (χ2n) is 5.82. The minimum absolute atomic E-state index is 0.149. The van der Waals surface area contributed by atoms with E-state index in [2.05, 4.69) is 11.4 Å². The Bertz CT molecular complexity index is 692. The van der Waals surface area contributed by atoms with E-state index < -0.39 is 6.10 Å². The molecule has 1 N–H and O–H groups in total. The summed E-state index contributed by atoms with van der Waals surface area (Å²) >= 11 is 0. The van der Waals surface area contributed by atoms with Crippen LogP contribution < -0.4 is 10.1 Å². The van der Waals surface area contributed by atoms with Crippen molar-refractivity contribution in [2.75, 3.05) is 5.32 Å². The molecular weight excluding hydrogens is 274 g/mol. The monoisotopic (exact) mass is 297 g/mol. The Balaban J connectivity index is 2.09. The summed E-state index contributed by atoms with van der Waals surface area (Å²) in [4.78, 5) is 12.3. The SMILES string of the molecule is Cc1cccc(NC(=O)[C@@H](C)Oc2cc(C)cc(C)c2C)c1. The molecular formula is C19H23NO2. The van der Waals surface area contributed by atoms with E-state index in [0.717, 1.165) is 28.1 Å². The van der Waals surface area contributed by atoms with Crippen LogP contribution in [0, 0.1) is 27.7 Å². The third-order valence-electron chi connectivity index (χ3n) is 3.72. The molecule has 0 fully saturated rings. The highest BCUT2D eigenvalue weighted by Gasteiger charge is 2.16. The second kappa shape index (κ2) is 6.65. The maximum absolute atomic E-state index is 12.3. The molecule has 0 aliphatic rings. The Hall–Kier alpha value is -2.29. The van der Waals surface area contributed by atoms with E-state index in [-0.39, 0.29) is 5.91 Å². The zero-order valence-corrected chi connectivity index (χ0v) is 13.9. The average molecular weight is 297 g/mol. The Labute approximate surface area is 132 Å². The molecule has 2 rings (SSSR count). The third kappa shape index (κ3) is 3.88. The van der Waals surface area contributed by atoms with Gasteiger partial charge >= 0.3 is 0 Å². The second-order valence-corrected chi connectivity index (χ2v) is 5.82. The fraction of sp³-hybridized carbons (Fsp3) is 0.316. The van der Waals surface area contributed by atoms with Gasteiger partial charge in [0.15, 0.2) is 6.10 Å². The van der Waals surface area contributed by atoms with Crippen LogP contribution in [0.15, 0.2) is 36.4 Å². The van der Waals surface area contributed by atoms with Gasteiger partial charge in [0, 0.05) is 5.69 Å². The molecule has 1 atom stereocenters. The molecule has 3 heteroatoms. The molecule has 2 aromatic rings. The minimum atomic E-state index is -0.555. The summed E-state index contributed by atoms with van der Waals surface area (Å²) in [6.45, 7) is 9.84. The van der Waals surface area contributed by atoms with Crippen LogP contribution >= 0.6 is 0 Å². The number of hydrogen-bond acceptors (Lipinski definition) is 2. The lowest BCUT2D eigenvalue weighted by atomic mass is 10.1. The molecule has 0 unspecified atom stereocenters. The molecule has 2 aromatic carbocycles. The summed E-state index contributed by atoms with van der Waals surface area (Å²) in [5.74, 6) is 0.619. The van der Waals surface area contributed by atoms with E-state index >= 15 is 0 Å². The smallest absolute Gasteiger partial charge is 0.265 e. The summed E-state index contributed by atoms with van der Waals surface area (Å²) in [5.41, 5.74) is 5.26. The van der Waals surface area contributed by atoms with Crippen molar-refractivity contribution >= 4 is 11.6 Å². The summed E-state index contributed by atoms with van der Waals surface area (Å²) in [6.07, 6.45) is -0.555. The number of amides is 1. The highest BCUT2D eigenvalue weighted by Crippen LogP contribution is 2.24. The first kappa shape index (κ1) is 16.1. The Morgan fingerprint density at radius 2 is 1.77 bits per heavy atom. The molecule has 3 nitrogen and oxygen atoms in total. The number of rotatable bonds is 4. The number of benzene rings is 2. The van der Waals surface area contributed by atoms with Crippen molar-refractivity contribution in [3.05, 3.63) is 58.7 Å². The van der Waals surface area contributed by atoms with Crippen LogP contribution in [0.1, 0.15) is 29.2 Å². The van der Waals surface area contributed by atoms with Crippen LogP contribution in [0.2, 0.25) is 0 Å². The normalized spacial score (nSPS) is 11.9. The van der Waals surface area contributed by atoms with Crippen LogP contribution in [0.4, 0.5) is 5.69 Å². The van der Waals surface area contributed by atoms with Gasteiger partial charge in [-0.2, -0.15) is 0 Å². The van der Waals surface area contributed by atoms with Gasteiger partial charge in [-0.05, 0) is 75.1 Å². The van der Waals surface area contributed by atoms with Gasteiger partial charge < -0.3 is 10.1 Å². The topological polar surface area (TPSA) is 38.3 Å². The van der Waals surface area contributed by atoms with Crippen molar-refractivity contribution in [1.82, 2.24) is 0 Å². The van der Waals surface area contributed by atoms with Crippen molar-refractivity contribution in [2.45, 2.75) is 40.7 Å². The first-order valence-electron chi connectivity index (χ1n) is 7.49. The summed E-state index contributed by atoms with van der Waals surface area (Å²) < 4.78 is 5.86. The number of nitrogens with one attached hydrogen (secondary N) is 1. The Morgan fingerprint density at radius 1 is 1.05 bits per heavy atom. The van der Waals surface area contributed by atoms with Gasteiger partial charge in [-0.25, -0.2) is 0 Å². The number of anilines is 1. The zero-order chi connectivity index (χ0) is 16.3. The molecule has 0 heterocycles. The zero-order valence-electron chi connectivity index (χ0n) is 13.9. The van der Waals surface area contributed by atoms with Gasteiger partial charge in [-0.15, -0.1) is 0 Å². The average Bonchev–Trinajstić information content (AvgIpc) is 2.44. The van der Waals surface area contributed by atoms with Crippen LogP contribution in [0.3, 0.4) is 0 Å². The number of carbonyl (C=O) groups excluding carboxylic acids is 1. The first-order chi connectivity index (χ1) is 10.4. The van der Waals surface area contributed by atoms with Gasteiger partial charge in [0.25, 0.3) is 5.91 Å². The molecule has 0 saturated carbocycles. The lowest BCUT2D eigenvalue weighted by Crippen LogP contribution is -2.30. The fourth-order valence-corrected chi connectivity index (χ4v) is 2.33. The lowest BCUT2D eigenvalue weighted by molar-refractivity contribution is -0.122. The molecule has 1 amide bonds. The molecule has 0 aliphatic carbocycles. The van der Waals surface area contributed by atoms with E-state index in [4.69, 9.17) is 4.74 Å². The summed E-state index contributed by atoms with van der Waals surface area (Å²) in [7, 11) is 0. The van der Waals surface area contributed by atoms with Crippen LogP contribution in [0.5, 0.6) is 5.75 Å². The summed E-state index contributed by atoms with van der Waals surface area (Å²) in [5, 5.41) is 2.89. The molecule has 22 heavy (non-hydrogen) atoms. The van der Waals surface area contributed by atoms with Crippen molar-refractivity contribution < 1.29 is 9.53 Å². The van der Waals surface area contributed by atoms with E-state index in [1.54, 1.807) is 6.92 Å². The minimum Gasteiger partial charge on any atom is -0.481 e. The predicted octanol–water partition coefficient (Wildman–Crippen LogP) is 4.33. The Kier molecular flexibility index (Phi) is 4.86. The van der Waals surface area contributed by atoms with Crippen molar-refractivity contribution in [3.8, 4) is 5.75 Å². The van der Waals surface area contributed by atoms with Crippen LogP contribution in [-0.2, 0) is 4.79 Å². The van der Waals surface area contributed by atoms with Gasteiger partial charge in [0.2, 0.25) is 0 Å². The van der Waals surface area contributed by atoms with Gasteiger partial charge in [0.05, 0.1) is 0 Å². The van der Waals surface area contributed by atoms with Crippen molar-refractivity contribution in [3.63, 3.8) is 0 Å². The number of carbonyl (C=O) groups is 1. The fourth-order valence-electron chi connectivity index (χ4n) is 2.33. The Morgan fingerprint density at radius 3 is 2.45 bits per heavy atom. The van der Waals surface area contributed by atoms with E-state index in [1.165, 1.54) is 5.56 Å². The molecule has 0 radical (unpaired) electrons. The first-order valence-corrected chi connectivity index (χ1v) is 7.49. The molecule has 0 spiro atoms. The van der Waals surface area contributed by atoms with E-state index in [0.29, 0.717) is 0 Å². The quantitative estimate of drug-likeness (QED) is 0.912. The molecule has 0 saturated heterocycles. The summed E-state index contributed by atoms with van der Waals surface area (Å²) in [6, 6.07) is 11.8. The van der Waals surface area contributed by atoms with Crippen LogP contribution in [0.25, 0.3) is 0 Å². The van der Waals surface area contributed by atoms with Gasteiger partial charge in [-0.1, -0.05) is 18.2 Å². The highest BCUT2D eigenvalue weighted by molar-refractivity contribution is 5.94. The molecule has 116 valence electrons. The number of aryl methyl sites for hydroxylation is 3. The molecule has 0 bridgehead atoms. The van der Waals surface area contributed by atoms with Gasteiger partial charge in [0.1, 0.15) is 5.75 Å². The standard InChI is InChI=1S/C19H23NO2/c1-12-7-6-8-17(10-12)20-19(21)16(5)22-18-11-13(2)9-14(3)15(18)4/h6-11,16H,1-5H3,(H,20,21)/t16-/m1/s1. The lowest BCUT2D eigenvalue weighted by Gasteiger charge is -2.18. The molecule has 0 aromatic heterocycles. The van der Waals surface area contributed by atoms with Crippen molar-refractivity contribution in [2.24, 2.45) is 0 Å². The third-order valence-corrected chi connectivity index (χ3v) is 3.72. The predicted molar refractivity (Wildman–Crippen MR) is 90.6 cm³/mol. The highest BCUT2D eigenvalue weighted by atomic mass is 16.5.